The molecule has 0 aromatic carbocycles. The minimum atomic E-state index is 0.302. The first-order chi connectivity index (χ1) is 8.91. The predicted molar refractivity (Wildman–Crippen MR) is 77.4 cm³/mol. The molecule has 1 aliphatic carbocycles. The molecule has 19 heavy (non-hydrogen) atoms. The van der Waals surface area contributed by atoms with Crippen LogP contribution >= 0.6 is 0 Å². The van der Waals surface area contributed by atoms with Crippen LogP contribution in [0.1, 0.15) is 56.7 Å². The summed E-state index contributed by atoms with van der Waals surface area (Å²) in [6.07, 6.45) is 3.25. The van der Waals surface area contributed by atoms with E-state index in [0.29, 0.717) is 17.5 Å². The van der Waals surface area contributed by atoms with Crippen molar-refractivity contribution in [3.8, 4) is 0 Å². The molecule has 0 radical (unpaired) electrons. The first kappa shape index (κ1) is 14.6. The fourth-order valence-corrected chi connectivity index (χ4v) is 3.05. The van der Waals surface area contributed by atoms with Crippen molar-refractivity contribution in [2.75, 3.05) is 13.7 Å². The highest BCUT2D eigenvalue weighted by molar-refractivity contribution is 5.29. The fraction of sp³-hybridized carbons (Fsp3) is 0.750. The van der Waals surface area contributed by atoms with Crippen LogP contribution in [0.5, 0.6) is 0 Å². The SMILES string of the molecule is COCCC(C)NC1CC(C)(C)Cc2oc(C)cc21. The Morgan fingerprint density at radius 3 is 2.95 bits per heavy atom. The topological polar surface area (TPSA) is 34.4 Å². The van der Waals surface area contributed by atoms with Crippen molar-refractivity contribution in [1.82, 2.24) is 5.32 Å². The molecule has 0 aliphatic heterocycles. The average Bonchev–Trinajstić information content (AvgIpc) is 2.65. The van der Waals surface area contributed by atoms with Gasteiger partial charge in [0.1, 0.15) is 11.5 Å². The Labute approximate surface area is 116 Å². The van der Waals surface area contributed by atoms with Gasteiger partial charge in [-0.15, -0.1) is 0 Å². The molecular formula is C16H27NO2. The molecule has 1 aromatic heterocycles. The Morgan fingerprint density at radius 1 is 1.53 bits per heavy atom. The van der Waals surface area contributed by atoms with Gasteiger partial charge < -0.3 is 14.5 Å². The van der Waals surface area contributed by atoms with E-state index >= 15 is 0 Å². The van der Waals surface area contributed by atoms with Gasteiger partial charge in [-0.1, -0.05) is 13.8 Å². The zero-order chi connectivity index (χ0) is 14.0. The zero-order valence-corrected chi connectivity index (χ0v) is 12.9. The number of rotatable bonds is 5. The Morgan fingerprint density at radius 2 is 2.26 bits per heavy atom. The van der Waals surface area contributed by atoms with Gasteiger partial charge >= 0.3 is 0 Å². The fourth-order valence-electron chi connectivity index (χ4n) is 3.05. The summed E-state index contributed by atoms with van der Waals surface area (Å²) in [5, 5.41) is 3.74. The van der Waals surface area contributed by atoms with Gasteiger partial charge in [0.05, 0.1) is 0 Å². The van der Waals surface area contributed by atoms with Crippen molar-refractivity contribution in [1.29, 1.82) is 0 Å². The monoisotopic (exact) mass is 265 g/mol. The van der Waals surface area contributed by atoms with Crippen LogP contribution in [-0.4, -0.2) is 19.8 Å². The van der Waals surface area contributed by atoms with Gasteiger partial charge in [-0.3, -0.25) is 0 Å². The number of aryl methyl sites for hydroxylation is 1. The van der Waals surface area contributed by atoms with Crippen molar-refractivity contribution in [3.63, 3.8) is 0 Å². The minimum absolute atomic E-state index is 0.302. The number of hydrogen-bond acceptors (Lipinski definition) is 3. The van der Waals surface area contributed by atoms with Gasteiger partial charge in [0, 0.05) is 37.8 Å². The molecule has 0 fully saturated rings. The van der Waals surface area contributed by atoms with Gasteiger partial charge in [0.25, 0.3) is 0 Å². The highest BCUT2D eigenvalue weighted by Gasteiger charge is 2.35. The summed E-state index contributed by atoms with van der Waals surface area (Å²) < 4.78 is 11.0. The predicted octanol–water partition coefficient (Wildman–Crippen LogP) is 3.62. The molecule has 0 amide bonds. The summed E-state index contributed by atoms with van der Waals surface area (Å²) in [6.45, 7) is 9.72. The molecule has 1 aromatic rings. The Hall–Kier alpha value is -0.800. The maximum atomic E-state index is 5.87. The lowest BCUT2D eigenvalue weighted by Gasteiger charge is -2.36. The van der Waals surface area contributed by atoms with Gasteiger partial charge in [-0.05, 0) is 38.2 Å². The van der Waals surface area contributed by atoms with E-state index in [1.54, 1.807) is 7.11 Å². The third-order valence-corrected chi connectivity index (χ3v) is 3.98. The molecule has 0 saturated heterocycles. The first-order valence-electron chi connectivity index (χ1n) is 7.25. The maximum absolute atomic E-state index is 5.87. The minimum Gasteiger partial charge on any atom is -0.466 e. The van der Waals surface area contributed by atoms with E-state index in [-0.39, 0.29) is 0 Å². The molecule has 1 heterocycles. The maximum Gasteiger partial charge on any atom is 0.109 e. The third kappa shape index (κ3) is 3.61. The van der Waals surface area contributed by atoms with Crippen LogP contribution in [0.25, 0.3) is 0 Å². The lowest BCUT2D eigenvalue weighted by molar-refractivity contribution is 0.174. The highest BCUT2D eigenvalue weighted by Crippen LogP contribution is 2.42. The van der Waals surface area contributed by atoms with Crippen LogP contribution in [0, 0.1) is 12.3 Å². The molecule has 0 bridgehead atoms. The number of furan rings is 1. The second-order valence-corrected chi connectivity index (χ2v) is 6.68. The Kier molecular flexibility index (Phi) is 4.36. The quantitative estimate of drug-likeness (QED) is 0.883. The molecule has 108 valence electrons. The van der Waals surface area contributed by atoms with Gasteiger partial charge in [0.2, 0.25) is 0 Å². The number of methoxy groups -OCH3 is 1. The first-order valence-corrected chi connectivity index (χ1v) is 7.25. The number of nitrogens with one attached hydrogen (secondary N) is 1. The van der Waals surface area contributed by atoms with E-state index in [1.807, 2.05) is 6.92 Å². The smallest absolute Gasteiger partial charge is 0.109 e. The lowest BCUT2D eigenvalue weighted by Crippen LogP contribution is -2.37. The Bertz CT molecular complexity index is 422. The van der Waals surface area contributed by atoms with Crippen LogP contribution in [0.2, 0.25) is 0 Å². The van der Waals surface area contributed by atoms with Crippen LogP contribution in [-0.2, 0) is 11.2 Å². The Balaban J connectivity index is 2.11. The van der Waals surface area contributed by atoms with Crippen LogP contribution < -0.4 is 5.32 Å². The normalized spacial score (nSPS) is 23.1. The molecule has 3 nitrogen and oxygen atoms in total. The molecule has 1 N–H and O–H groups in total. The molecule has 0 spiro atoms. The lowest BCUT2D eigenvalue weighted by atomic mass is 9.74. The second-order valence-electron chi connectivity index (χ2n) is 6.68. The summed E-state index contributed by atoms with van der Waals surface area (Å²) in [5.74, 6) is 2.20. The molecule has 1 aliphatic rings. The molecule has 2 atom stereocenters. The van der Waals surface area contributed by atoms with Gasteiger partial charge in [0.15, 0.2) is 0 Å². The van der Waals surface area contributed by atoms with Crippen molar-refractivity contribution in [2.45, 2.75) is 59.0 Å². The van der Waals surface area contributed by atoms with Crippen molar-refractivity contribution in [2.24, 2.45) is 5.41 Å². The largest absolute Gasteiger partial charge is 0.466 e. The van der Waals surface area contributed by atoms with E-state index in [0.717, 1.165) is 31.6 Å². The van der Waals surface area contributed by atoms with Gasteiger partial charge in [-0.2, -0.15) is 0 Å². The van der Waals surface area contributed by atoms with E-state index in [2.05, 4.69) is 32.2 Å². The van der Waals surface area contributed by atoms with E-state index in [4.69, 9.17) is 9.15 Å². The van der Waals surface area contributed by atoms with E-state index in [9.17, 15) is 0 Å². The standard InChI is InChI=1S/C16H27NO2/c1-11(6-7-18-5)17-14-9-16(3,4)10-15-13(14)8-12(2)19-15/h8,11,14,17H,6-7,9-10H2,1-5H3. The number of hydrogen-bond donors (Lipinski definition) is 1. The average molecular weight is 265 g/mol. The van der Waals surface area contributed by atoms with Gasteiger partial charge in [-0.25, -0.2) is 0 Å². The molecule has 2 rings (SSSR count). The van der Waals surface area contributed by atoms with Crippen molar-refractivity contribution >= 4 is 0 Å². The summed E-state index contributed by atoms with van der Waals surface area (Å²) in [5.41, 5.74) is 1.66. The number of ether oxygens (including phenoxy) is 1. The van der Waals surface area contributed by atoms with Crippen LogP contribution in [0.4, 0.5) is 0 Å². The third-order valence-electron chi connectivity index (χ3n) is 3.98. The second kappa shape index (κ2) is 5.68. The van der Waals surface area contributed by atoms with Crippen molar-refractivity contribution in [3.05, 3.63) is 23.2 Å². The van der Waals surface area contributed by atoms with E-state index in [1.165, 1.54) is 11.3 Å². The zero-order valence-electron chi connectivity index (χ0n) is 12.9. The molecule has 3 heteroatoms. The summed E-state index contributed by atoms with van der Waals surface area (Å²) in [7, 11) is 1.76. The molecule has 0 saturated carbocycles. The summed E-state index contributed by atoms with van der Waals surface area (Å²) in [6, 6.07) is 3.07. The summed E-state index contributed by atoms with van der Waals surface area (Å²) in [4.78, 5) is 0. The van der Waals surface area contributed by atoms with Crippen LogP contribution in [0.15, 0.2) is 10.5 Å². The number of fused-ring (bicyclic) bond motifs is 1. The van der Waals surface area contributed by atoms with Crippen LogP contribution in [0.3, 0.4) is 0 Å². The summed E-state index contributed by atoms with van der Waals surface area (Å²) >= 11 is 0. The molecular weight excluding hydrogens is 238 g/mol. The highest BCUT2D eigenvalue weighted by atomic mass is 16.5. The molecule has 2 unspecified atom stereocenters. The van der Waals surface area contributed by atoms with Crippen molar-refractivity contribution < 1.29 is 9.15 Å². The van der Waals surface area contributed by atoms with E-state index < -0.39 is 0 Å².